The second kappa shape index (κ2) is 4.60. The molecule has 0 radical (unpaired) electrons. The molecule has 19 heavy (non-hydrogen) atoms. The SMILES string of the molecule is CC(C)(C)OC(=O)NS(=O)(=O)[N+]12CCN(CC1)CC2. The van der Waals surface area contributed by atoms with E-state index >= 15 is 0 Å². The van der Waals surface area contributed by atoms with E-state index in [1.807, 2.05) is 0 Å². The number of ether oxygens (including phenoxy) is 1. The van der Waals surface area contributed by atoms with Crippen molar-refractivity contribution in [2.75, 3.05) is 39.3 Å². The lowest BCUT2D eigenvalue weighted by molar-refractivity contribution is -0.824. The summed E-state index contributed by atoms with van der Waals surface area (Å²) in [6.45, 7) is 8.95. The second-order valence-corrected chi connectivity index (χ2v) is 8.08. The van der Waals surface area contributed by atoms with Crippen LogP contribution in [0.5, 0.6) is 0 Å². The highest BCUT2D eigenvalue weighted by atomic mass is 32.2. The summed E-state index contributed by atoms with van der Waals surface area (Å²) >= 11 is 0. The molecule has 0 atom stereocenters. The lowest BCUT2D eigenvalue weighted by Gasteiger charge is -2.47. The van der Waals surface area contributed by atoms with E-state index < -0.39 is 21.9 Å². The number of quaternary nitrogens is 1. The summed E-state index contributed by atoms with van der Waals surface area (Å²) in [6.07, 6.45) is -0.895. The quantitative estimate of drug-likeness (QED) is 0.719. The lowest BCUT2D eigenvalue weighted by Crippen LogP contribution is -2.71. The van der Waals surface area contributed by atoms with Gasteiger partial charge in [-0.05, 0) is 20.8 Å². The van der Waals surface area contributed by atoms with Gasteiger partial charge in [0.05, 0.1) is 0 Å². The molecule has 0 aromatic carbocycles. The molecule has 3 rings (SSSR count). The Hall–Kier alpha value is -0.860. The summed E-state index contributed by atoms with van der Waals surface area (Å²) in [5.74, 6) is 0. The molecule has 1 N–H and O–H groups in total. The average Bonchev–Trinajstić information content (AvgIpc) is 2.27. The third kappa shape index (κ3) is 3.01. The molecule has 3 fully saturated rings. The molecule has 2 bridgehead atoms. The zero-order chi connectivity index (χ0) is 14.3. The summed E-state index contributed by atoms with van der Waals surface area (Å²) < 4.78 is 31.8. The normalized spacial score (nSPS) is 31.0. The Bertz CT molecular complexity index is 447. The van der Waals surface area contributed by atoms with Gasteiger partial charge in [0.25, 0.3) is 0 Å². The molecule has 0 aromatic heterocycles. The van der Waals surface area contributed by atoms with E-state index in [9.17, 15) is 13.2 Å². The molecular formula is C11H22N3O4S+. The number of carbonyl (C=O) groups is 1. The minimum atomic E-state index is -3.74. The van der Waals surface area contributed by atoms with Gasteiger partial charge in [0, 0.05) is 19.6 Å². The Morgan fingerprint density at radius 1 is 1.16 bits per heavy atom. The zero-order valence-corrected chi connectivity index (χ0v) is 12.5. The van der Waals surface area contributed by atoms with Crippen molar-refractivity contribution in [3.05, 3.63) is 0 Å². The van der Waals surface area contributed by atoms with Crippen LogP contribution in [0.15, 0.2) is 0 Å². The predicted octanol–water partition coefficient (Wildman–Crippen LogP) is -0.0981. The van der Waals surface area contributed by atoms with Crippen LogP contribution in [-0.2, 0) is 14.9 Å². The third-order valence-corrected chi connectivity index (χ3v) is 5.58. The number of fused-ring (bicyclic) bond motifs is 3. The summed E-state index contributed by atoms with van der Waals surface area (Å²) in [4.78, 5) is 13.9. The first-order valence-electron chi connectivity index (χ1n) is 6.48. The molecule has 3 heterocycles. The molecule has 3 aliphatic rings. The van der Waals surface area contributed by atoms with Crippen molar-refractivity contribution in [2.45, 2.75) is 26.4 Å². The molecular weight excluding hydrogens is 270 g/mol. The molecule has 0 spiro atoms. The van der Waals surface area contributed by atoms with E-state index in [4.69, 9.17) is 4.74 Å². The smallest absolute Gasteiger partial charge is 0.425 e. The molecule has 7 nitrogen and oxygen atoms in total. The summed E-state index contributed by atoms with van der Waals surface area (Å²) in [5.41, 5.74) is -0.708. The van der Waals surface area contributed by atoms with Gasteiger partial charge in [-0.3, -0.25) is 4.90 Å². The van der Waals surface area contributed by atoms with E-state index in [1.165, 1.54) is 0 Å². The lowest BCUT2D eigenvalue weighted by atomic mass is 10.2. The van der Waals surface area contributed by atoms with Crippen LogP contribution in [0.3, 0.4) is 0 Å². The van der Waals surface area contributed by atoms with Crippen molar-refractivity contribution in [1.82, 2.24) is 9.62 Å². The molecule has 1 amide bonds. The van der Waals surface area contributed by atoms with Gasteiger partial charge >= 0.3 is 16.3 Å². The van der Waals surface area contributed by atoms with Crippen LogP contribution >= 0.6 is 0 Å². The van der Waals surface area contributed by atoms with Gasteiger partial charge in [0.2, 0.25) is 0 Å². The molecule has 0 aliphatic carbocycles. The first-order valence-corrected chi connectivity index (χ1v) is 7.92. The van der Waals surface area contributed by atoms with Crippen molar-refractivity contribution in [1.29, 1.82) is 0 Å². The predicted molar refractivity (Wildman–Crippen MR) is 69.6 cm³/mol. The van der Waals surface area contributed by atoms with Crippen LogP contribution in [0.1, 0.15) is 20.8 Å². The maximum atomic E-state index is 12.4. The van der Waals surface area contributed by atoms with Crippen molar-refractivity contribution < 1.29 is 21.8 Å². The van der Waals surface area contributed by atoms with Crippen molar-refractivity contribution in [2.24, 2.45) is 0 Å². The van der Waals surface area contributed by atoms with Gasteiger partial charge < -0.3 is 4.74 Å². The first kappa shape index (κ1) is 14.5. The fourth-order valence-electron chi connectivity index (χ4n) is 2.50. The standard InChI is InChI=1S/C11H21N3O4S/c1-11(2,3)18-10(15)12-19(16,17)14-7-4-13(5-8-14)6-9-14/h4-9H2,1-3H3/p+1. The maximum absolute atomic E-state index is 12.4. The van der Waals surface area contributed by atoms with E-state index in [0.29, 0.717) is 19.6 Å². The fourth-order valence-corrected chi connectivity index (χ4v) is 3.92. The maximum Gasteiger partial charge on any atom is 0.425 e. The van der Waals surface area contributed by atoms with Gasteiger partial charge in [-0.2, -0.15) is 17.0 Å². The number of amides is 1. The number of rotatable bonds is 2. The molecule has 0 unspecified atom stereocenters. The van der Waals surface area contributed by atoms with Gasteiger partial charge in [-0.25, -0.2) is 4.79 Å². The Labute approximate surface area is 114 Å². The summed E-state index contributed by atoms with van der Waals surface area (Å²) in [5, 5.41) is 0. The number of hydrogen-bond acceptors (Lipinski definition) is 5. The van der Waals surface area contributed by atoms with Crippen molar-refractivity contribution in [3.8, 4) is 0 Å². The Kier molecular flexibility index (Phi) is 3.53. The van der Waals surface area contributed by atoms with Gasteiger partial charge in [0.1, 0.15) is 25.2 Å². The Morgan fingerprint density at radius 2 is 1.63 bits per heavy atom. The number of nitrogens with one attached hydrogen (secondary N) is 1. The highest BCUT2D eigenvalue weighted by Crippen LogP contribution is 2.23. The van der Waals surface area contributed by atoms with Crippen LogP contribution in [0.4, 0.5) is 4.79 Å². The molecule has 0 saturated carbocycles. The molecule has 110 valence electrons. The topological polar surface area (TPSA) is 75.7 Å². The molecule has 8 heteroatoms. The molecule has 0 aromatic rings. The number of piperazine rings is 3. The molecule has 3 aliphatic heterocycles. The van der Waals surface area contributed by atoms with Crippen LogP contribution in [0.2, 0.25) is 0 Å². The van der Waals surface area contributed by atoms with Crippen molar-refractivity contribution in [3.63, 3.8) is 0 Å². The van der Waals surface area contributed by atoms with E-state index in [1.54, 1.807) is 20.8 Å². The minimum absolute atomic E-state index is 0.0528. The first-order chi connectivity index (χ1) is 8.64. The van der Waals surface area contributed by atoms with Crippen LogP contribution in [-0.4, -0.2) is 68.2 Å². The Morgan fingerprint density at radius 3 is 2.05 bits per heavy atom. The van der Waals surface area contributed by atoms with Gasteiger partial charge in [-0.15, -0.1) is 0 Å². The highest BCUT2D eigenvalue weighted by Gasteiger charge is 2.49. The monoisotopic (exact) mass is 292 g/mol. The number of nitrogens with zero attached hydrogens (tertiary/aromatic N) is 2. The third-order valence-electron chi connectivity index (χ3n) is 3.59. The van der Waals surface area contributed by atoms with E-state index in [2.05, 4.69) is 9.62 Å². The van der Waals surface area contributed by atoms with Crippen LogP contribution in [0.25, 0.3) is 0 Å². The van der Waals surface area contributed by atoms with Gasteiger partial charge in [-0.1, -0.05) is 0 Å². The van der Waals surface area contributed by atoms with Crippen LogP contribution < -0.4 is 4.72 Å². The number of hydrogen-bond donors (Lipinski definition) is 1. The second-order valence-electron chi connectivity index (χ2n) is 6.15. The zero-order valence-electron chi connectivity index (χ0n) is 11.7. The van der Waals surface area contributed by atoms with E-state index in [0.717, 1.165) is 19.6 Å². The van der Waals surface area contributed by atoms with E-state index in [-0.39, 0.29) is 3.89 Å². The van der Waals surface area contributed by atoms with Crippen molar-refractivity contribution >= 4 is 16.3 Å². The summed E-state index contributed by atoms with van der Waals surface area (Å²) in [6, 6.07) is 0. The minimum Gasteiger partial charge on any atom is -0.443 e. The average molecular weight is 292 g/mol. The fraction of sp³-hybridized carbons (Fsp3) is 0.909. The molecule has 3 saturated heterocycles. The van der Waals surface area contributed by atoms with Crippen LogP contribution in [0, 0.1) is 0 Å². The Balaban J connectivity index is 2.08. The number of carbonyl (C=O) groups excluding carboxylic acids is 1. The summed E-state index contributed by atoms with van der Waals surface area (Å²) in [7, 11) is -3.74. The highest BCUT2D eigenvalue weighted by molar-refractivity contribution is 7.84. The van der Waals surface area contributed by atoms with Gasteiger partial charge in [0.15, 0.2) is 0 Å². The largest absolute Gasteiger partial charge is 0.443 e.